The number of carbonyl (C=O) groups is 3. The zero-order chi connectivity index (χ0) is 34.8. The van der Waals surface area contributed by atoms with Crippen molar-refractivity contribution in [1.29, 1.82) is 0 Å². The quantitative estimate of drug-likeness (QED) is 0.0380. The van der Waals surface area contributed by atoms with E-state index in [1.54, 1.807) is 0 Å². The minimum absolute atomic E-state index is 0.0673. The molecule has 0 aliphatic rings. The second kappa shape index (κ2) is 34.3. The molecule has 6 nitrogen and oxygen atoms in total. The van der Waals surface area contributed by atoms with Crippen molar-refractivity contribution in [2.24, 2.45) is 11.8 Å². The lowest BCUT2D eigenvalue weighted by molar-refractivity contribution is -0.167. The fourth-order valence-corrected chi connectivity index (χ4v) is 5.87. The highest BCUT2D eigenvalue weighted by atomic mass is 16.6. The topological polar surface area (TPSA) is 78.9 Å². The van der Waals surface area contributed by atoms with Gasteiger partial charge in [-0.1, -0.05) is 176 Å². The number of esters is 3. The van der Waals surface area contributed by atoms with E-state index in [9.17, 15) is 14.4 Å². The van der Waals surface area contributed by atoms with Gasteiger partial charge >= 0.3 is 17.9 Å². The molecular formula is C41H78O6. The normalized spacial score (nSPS) is 12.1. The highest BCUT2D eigenvalue weighted by molar-refractivity contribution is 5.71. The van der Waals surface area contributed by atoms with Crippen LogP contribution in [-0.4, -0.2) is 37.2 Å². The molecule has 0 heterocycles. The molecule has 0 unspecified atom stereocenters. The molecule has 0 fully saturated rings. The van der Waals surface area contributed by atoms with Gasteiger partial charge in [0, 0.05) is 19.3 Å². The number of hydrogen-bond donors (Lipinski definition) is 0. The minimum atomic E-state index is -0.758. The average molecular weight is 667 g/mol. The van der Waals surface area contributed by atoms with Crippen molar-refractivity contribution in [1.82, 2.24) is 0 Å². The summed E-state index contributed by atoms with van der Waals surface area (Å²) < 4.78 is 16.5. The molecule has 1 atom stereocenters. The van der Waals surface area contributed by atoms with Crippen LogP contribution in [0.2, 0.25) is 0 Å². The Hall–Kier alpha value is -1.59. The number of rotatable bonds is 35. The van der Waals surface area contributed by atoms with Crippen LogP contribution < -0.4 is 0 Å². The second-order valence-electron chi connectivity index (χ2n) is 14.9. The van der Waals surface area contributed by atoms with E-state index in [2.05, 4.69) is 34.6 Å². The standard InChI is InChI=1S/C41H78O6/c1-6-7-8-19-26-31-39(42)45-34-38(35-46-40(43)32-27-22-17-14-13-16-21-25-30-37(4)5)47-41(44)33-28-23-18-12-10-9-11-15-20-24-29-36(2)3/h36-38H,6-35H2,1-5H3/t38-/m1/s1. The lowest BCUT2D eigenvalue weighted by Crippen LogP contribution is -2.30. The molecule has 0 spiro atoms. The molecule has 6 heteroatoms. The van der Waals surface area contributed by atoms with Crippen LogP contribution in [0.25, 0.3) is 0 Å². The van der Waals surface area contributed by atoms with Gasteiger partial charge in [0.25, 0.3) is 0 Å². The van der Waals surface area contributed by atoms with Gasteiger partial charge in [-0.25, -0.2) is 0 Å². The Balaban J connectivity index is 4.26. The molecule has 0 aromatic carbocycles. The Labute approximate surface area is 291 Å². The maximum atomic E-state index is 12.6. The number of unbranched alkanes of at least 4 members (excludes halogenated alkanes) is 20. The molecule has 0 aromatic heterocycles. The Morgan fingerprint density at radius 3 is 1.04 bits per heavy atom. The van der Waals surface area contributed by atoms with E-state index in [0.717, 1.165) is 76.0 Å². The summed E-state index contributed by atoms with van der Waals surface area (Å²) in [5.74, 6) is 0.733. The smallest absolute Gasteiger partial charge is 0.306 e. The van der Waals surface area contributed by atoms with Gasteiger partial charge in [0.05, 0.1) is 0 Å². The lowest BCUT2D eigenvalue weighted by Gasteiger charge is -2.18. The van der Waals surface area contributed by atoms with Crippen molar-refractivity contribution in [2.75, 3.05) is 13.2 Å². The largest absolute Gasteiger partial charge is 0.462 e. The molecule has 0 saturated carbocycles. The van der Waals surface area contributed by atoms with Crippen molar-refractivity contribution in [3.05, 3.63) is 0 Å². The summed E-state index contributed by atoms with van der Waals surface area (Å²) in [6, 6.07) is 0. The maximum absolute atomic E-state index is 12.6. The molecule has 0 aromatic rings. The summed E-state index contributed by atoms with van der Waals surface area (Å²) in [4.78, 5) is 37.3. The van der Waals surface area contributed by atoms with E-state index in [0.29, 0.717) is 19.3 Å². The van der Waals surface area contributed by atoms with Gasteiger partial charge in [0.15, 0.2) is 6.10 Å². The van der Waals surface area contributed by atoms with Crippen LogP contribution in [-0.2, 0) is 28.6 Å². The molecule has 47 heavy (non-hydrogen) atoms. The highest BCUT2D eigenvalue weighted by Crippen LogP contribution is 2.16. The predicted molar refractivity (Wildman–Crippen MR) is 196 cm³/mol. The summed E-state index contributed by atoms with van der Waals surface area (Å²) in [5, 5.41) is 0. The first-order valence-corrected chi connectivity index (χ1v) is 20.2. The molecule has 0 amide bonds. The van der Waals surface area contributed by atoms with E-state index in [4.69, 9.17) is 14.2 Å². The number of hydrogen-bond acceptors (Lipinski definition) is 6. The van der Waals surface area contributed by atoms with Gasteiger partial charge in [0.1, 0.15) is 13.2 Å². The van der Waals surface area contributed by atoms with Crippen LogP contribution in [0.5, 0.6) is 0 Å². The third-order valence-electron chi connectivity index (χ3n) is 8.97. The van der Waals surface area contributed by atoms with Gasteiger partial charge < -0.3 is 14.2 Å². The minimum Gasteiger partial charge on any atom is -0.462 e. The van der Waals surface area contributed by atoms with Crippen LogP contribution in [0.3, 0.4) is 0 Å². The summed E-state index contributed by atoms with van der Waals surface area (Å²) >= 11 is 0. The molecular weight excluding hydrogens is 588 g/mol. The monoisotopic (exact) mass is 667 g/mol. The maximum Gasteiger partial charge on any atom is 0.306 e. The zero-order valence-electron chi connectivity index (χ0n) is 31.9. The first-order chi connectivity index (χ1) is 22.7. The van der Waals surface area contributed by atoms with E-state index in [1.165, 1.54) is 96.3 Å². The SMILES string of the molecule is CCCCCCCC(=O)OC[C@H](COC(=O)CCCCCCCCCCC(C)C)OC(=O)CCCCCCCCCCCCC(C)C. The van der Waals surface area contributed by atoms with Crippen LogP contribution in [0, 0.1) is 11.8 Å². The van der Waals surface area contributed by atoms with E-state index >= 15 is 0 Å². The molecule has 0 rings (SSSR count). The predicted octanol–water partition coefficient (Wildman–Crippen LogP) is 12.2. The van der Waals surface area contributed by atoms with Crippen molar-refractivity contribution in [3.63, 3.8) is 0 Å². The number of ether oxygens (including phenoxy) is 3. The van der Waals surface area contributed by atoms with Crippen molar-refractivity contribution in [2.45, 2.75) is 221 Å². The third kappa shape index (κ3) is 35.5. The Morgan fingerprint density at radius 1 is 0.404 bits per heavy atom. The molecule has 0 N–H and O–H groups in total. The molecule has 0 aliphatic carbocycles. The molecule has 0 saturated heterocycles. The Bertz CT molecular complexity index is 719. The Morgan fingerprint density at radius 2 is 0.702 bits per heavy atom. The average Bonchev–Trinajstić information content (AvgIpc) is 3.03. The summed E-state index contributed by atoms with van der Waals surface area (Å²) in [6.07, 6.45) is 29.8. The van der Waals surface area contributed by atoms with Gasteiger partial charge in [-0.15, -0.1) is 0 Å². The van der Waals surface area contributed by atoms with Gasteiger partial charge in [-0.3, -0.25) is 14.4 Å². The molecule has 0 radical (unpaired) electrons. The molecule has 278 valence electrons. The van der Waals surface area contributed by atoms with Crippen molar-refractivity contribution in [3.8, 4) is 0 Å². The molecule has 0 bridgehead atoms. The zero-order valence-corrected chi connectivity index (χ0v) is 31.9. The van der Waals surface area contributed by atoms with E-state index < -0.39 is 6.10 Å². The molecule has 0 aliphatic heterocycles. The van der Waals surface area contributed by atoms with E-state index in [1.807, 2.05) is 0 Å². The summed E-state index contributed by atoms with van der Waals surface area (Å²) in [7, 11) is 0. The third-order valence-corrected chi connectivity index (χ3v) is 8.97. The summed E-state index contributed by atoms with van der Waals surface area (Å²) in [5.41, 5.74) is 0. The fraction of sp³-hybridized carbons (Fsp3) is 0.927. The van der Waals surface area contributed by atoms with Gasteiger partial charge in [-0.05, 0) is 31.1 Å². The number of carbonyl (C=O) groups excluding carboxylic acids is 3. The van der Waals surface area contributed by atoms with Crippen LogP contribution in [0.15, 0.2) is 0 Å². The van der Waals surface area contributed by atoms with E-state index in [-0.39, 0.29) is 31.1 Å². The fourth-order valence-electron chi connectivity index (χ4n) is 5.87. The Kier molecular flexibility index (Phi) is 33.1. The lowest BCUT2D eigenvalue weighted by atomic mass is 10.0. The van der Waals surface area contributed by atoms with Crippen molar-refractivity contribution < 1.29 is 28.6 Å². The van der Waals surface area contributed by atoms with Gasteiger partial charge in [0.2, 0.25) is 0 Å². The summed E-state index contributed by atoms with van der Waals surface area (Å²) in [6.45, 7) is 11.2. The highest BCUT2D eigenvalue weighted by Gasteiger charge is 2.19. The van der Waals surface area contributed by atoms with Crippen LogP contribution >= 0.6 is 0 Å². The van der Waals surface area contributed by atoms with Crippen molar-refractivity contribution >= 4 is 17.9 Å². The van der Waals surface area contributed by atoms with Crippen LogP contribution in [0.4, 0.5) is 0 Å². The van der Waals surface area contributed by atoms with Gasteiger partial charge in [-0.2, -0.15) is 0 Å². The van der Waals surface area contributed by atoms with Crippen LogP contribution in [0.1, 0.15) is 214 Å². The first-order valence-electron chi connectivity index (χ1n) is 20.2. The second-order valence-corrected chi connectivity index (χ2v) is 14.9. The first kappa shape index (κ1) is 45.4.